The predicted octanol–water partition coefficient (Wildman–Crippen LogP) is 2.04. The van der Waals surface area contributed by atoms with Crippen LogP contribution in [0.4, 0.5) is 5.69 Å². The van der Waals surface area contributed by atoms with E-state index in [2.05, 4.69) is 21.7 Å². The van der Waals surface area contributed by atoms with Crippen LogP contribution in [0.2, 0.25) is 0 Å². The fourth-order valence-electron chi connectivity index (χ4n) is 3.02. The molecule has 0 unspecified atom stereocenters. The van der Waals surface area contributed by atoms with Gasteiger partial charge in [0.1, 0.15) is 0 Å². The monoisotopic (exact) mass is 331 g/mol. The topological polar surface area (TPSA) is 44.8 Å². The lowest BCUT2D eigenvalue weighted by Crippen LogP contribution is -2.44. The molecule has 0 aliphatic carbocycles. The van der Waals surface area contributed by atoms with Gasteiger partial charge < -0.3 is 19.9 Å². The first kappa shape index (κ1) is 18.5. The van der Waals surface area contributed by atoms with Crippen molar-refractivity contribution in [2.24, 2.45) is 0 Å². The third-order valence-corrected chi connectivity index (χ3v) is 4.24. The second-order valence-corrected chi connectivity index (χ2v) is 5.93. The van der Waals surface area contributed by atoms with Crippen LogP contribution >= 0.6 is 0 Å². The minimum atomic E-state index is -0.185. The van der Waals surface area contributed by atoms with Gasteiger partial charge >= 0.3 is 5.97 Å². The molecule has 5 heteroatoms. The van der Waals surface area contributed by atoms with Gasteiger partial charge in [0.2, 0.25) is 0 Å². The SMILES string of the molecule is C=CN(CCCN1CCNCC1)c1ccccc1CC(=O)OCC. The molecule has 24 heavy (non-hydrogen) atoms. The van der Waals surface area contributed by atoms with Gasteiger partial charge in [0.05, 0.1) is 13.0 Å². The van der Waals surface area contributed by atoms with Gasteiger partial charge in [-0.25, -0.2) is 0 Å². The Morgan fingerprint density at radius 1 is 1.38 bits per heavy atom. The quantitative estimate of drug-likeness (QED) is 0.702. The molecule has 1 heterocycles. The van der Waals surface area contributed by atoms with Crippen molar-refractivity contribution in [3.05, 3.63) is 42.6 Å². The van der Waals surface area contributed by atoms with Crippen molar-refractivity contribution in [2.45, 2.75) is 19.8 Å². The average molecular weight is 331 g/mol. The summed E-state index contributed by atoms with van der Waals surface area (Å²) in [7, 11) is 0. The van der Waals surface area contributed by atoms with E-state index in [0.29, 0.717) is 13.0 Å². The molecular weight excluding hydrogens is 302 g/mol. The number of benzene rings is 1. The molecule has 0 bridgehead atoms. The average Bonchev–Trinajstić information content (AvgIpc) is 2.61. The third kappa shape index (κ3) is 5.65. The molecule has 1 saturated heterocycles. The molecule has 0 radical (unpaired) electrons. The minimum Gasteiger partial charge on any atom is -0.466 e. The number of para-hydroxylation sites is 1. The van der Waals surface area contributed by atoms with Crippen molar-refractivity contribution in [3.63, 3.8) is 0 Å². The zero-order valence-corrected chi connectivity index (χ0v) is 14.7. The van der Waals surface area contributed by atoms with Gasteiger partial charge in [-0.3, -0.25) is 4.79 Å². The van der Waals surface area contributed by atoms with Crippen LogP contribution in [-0.2, 0) is 16.0 Å². The number of hydrogen-bond donors (Lipinski definition) is 1. The van der Waals surface area contributed by atoms with Crippen molar-refractivity contribution in [3.8, 4) is 0 Å². The van der Waals surface area contributed by atoms with Gasteiger partial charge in [-0.1, -0.05) is 24.8 Å². The van der Waals surface area contributed by atoms with E-state index in [1.165, 1.54) is 0 Å². The second-order valence-electron chi connectivity index (χ2n) is 5.93. The lowest BCUT2D eigenvalue weighted by Gasteiger charge is -2.29. The predicted molar refractivity (Wildman–Crippen MR) is 98.2 cm³/mol. The first-order valence-electron chi connectivity index (χ1n) is 8.80. The van der Waals surface area contributed by atoms with Gasteiger partial charge in [0, 0.05) is 38.4 Å². The number of ether oxygens (including phenoxy) is 1. The highest BCUT2D eigenvalue weighted by molar-refractivity contribution is 5.75. The number of carbonyl (C=O) groups excluding carboxylic acids is 1. The summed E-state index contributed by atoms with van der Waals surface area (Å²) in [4.78, 5) is 16.4. The molecule has 1 aromatic carbocycles. The van der Waals surface area contributed by atoms with Crippen LogP contribution in [0.1, 0.15) is 18.9 Å². The molecular formula is C19H29N3O2. The molecule has 1 aliphatic rings. The Kier molecular flexibility index (Phi) is 7.79. The fourth-order valence-corrected chi connectivity index (χ4v) is 3.02. The summed E-state index contributed by atoms with van der Waals surface area (Å²) in [5, 5.41) is 3.37. The molecule has 1 aliphatic heterocycles. The zero-order valence-electron chi connectivity index (χ0n) is 14.7. The highest BCUT2D eigenvalue weighted by atomic mass is 16.5. The van der Waals surface area contributed by atoms with E-state index in [0.717, 1.165) is 56.9 Å². The fraction of sp³-hybridized carbons (Fsp3) is 0.526. The Hall–Kier alpha value is -1.85. The number of anilines is 1. The Morgan fingerprint density at radius 2 is 2.12 bits per heavy atom. The summed E-state index contributed by atoms with van der Waals surface area (Å²) >= 11 is 0. The van der Waals surface area contributed by atoms with Crippen molar-refractivity contribution in [1.82, 2.24) is 10.2 Å². The molecule has 0 spiro atoms. The molecule has 0 aromatic heterocycles. The smallest absolute Gasteiger partial charge is 0.310 e. The number of nitrogens with one attached hydrogen (secondary N) is 1. The molecule has 2 rings (SSSR count). The number of carbonyl (C=O) groups is 1. The Bertz CT molecular complexity index is 527. The number of piperazine rings is 1. The number of rotatable bonds is 9. The normalized spacial score (nSPS) is 15.0. The molecule has 1 aromatic rings. The number of esters is 1. The molecule has 0 saturated carbocycles. The van der Waals surface area contributed by atoms with E-state index in [4.69, 9.17) is 4.74 Å². The summed E-state index contributed by atoms with van der Waals surface area (Å²) in [5.41, 5.74) is 2.03. The van der Waals surface area contributed by atoms with Crippen LogP contribution in [0.5, 0.6) is 0 Å². The van der Waals surface area contributed by atoms with E-state index < -0.39 is 0 Å². The van der Waals surface area contributed by atoms with Crippen molar-refractivity contribution < 1.29 is 9.53 Å². The summed E-state index contributed by atoms with van der Waals surface area (Å²) in [6.07, 6.45) is 3.22. The molecule has 132 valence electrons. The minimum absolute atomic E-state index is 0.185. The lowest BCUT2D eigenvalue weighted by molar-refractivity contribution is -0.142. The first-order valence-corrected chi connectivity index (χ1v) is 8.80. The van der Waals surface area contributed by atoms with E-state index in [1.54, 1.807) is 0 Å². The summed E-state index contributed by atoms with van der Waals surface area (Å²) < 4.78 is 5.08. The van der Waals surface area contributed by atoms with Crippen LogP contribution in [0.3, 0.4) is 0 Å². The summed E-state index contributed by atoms with van der Waals surface area (Å²) in [6, 6.07) is 7.98. The van der Waals surface area contributed by atoms with E-state index in [9.17, 15) is 4.79 Å². The Morgan fingerprint density at radius 3 is 2.83 bits per heavy atom. The highest BCUT2D eigenvalue weighted by Crippen LogP contribution is 2.22. The Labute approximate surface area is 145 Å². The van der Waals surface area contributed by atoms with E-state index >= 15 is 0 Å². The lowest BCUT2D eigenvalue weighted by atomic mass is 10.1. The van der Waals surface area contributed by atoms with Gasteiger partial charge in [0.25, 0.3) is 0 Å². The second kappa shape index (κ2) is 10.1. The van der Waals surface area contributed by atoms with Crippen molar-refractivity contribution in [2.75, 3.05) is 50.8 Å². The zero-order chi connectivity index (χ0) is 17.2. The van der Waals surface area contributed by atoms with Crippen LogP contribution in [-0.4, -0.2) is 56.7 Å². The standard InChI is InChI=1S/C19H29N3O2/c1-3-22(13-7-12-21-14-10-20-11-15-21)18-9-6-5-8-17(18)16-19(23)24-4-2/h3,5-6,8-9,20H,1,4,7,10-16H2,2H3. The maximum absolute atomic E-state index is 11.8. The van der Waals surface area contributed by atoms with Crippen LogP contribution in [0, 0.1) is 0 Å². The van der Waals surface area contributed by atoms with E-state index in [1.807, 2.05) is 37.4 Å². The van der Waals surface area contributed by atoms with Gasteiger partial charge in [-0.15, -0.1) is 0 Å². The molecule has 0 amide bonds. The Balaban J connectivity index is 1.93. The first-order chi connectivity index (χ1) is 11.7. The molecule has 1 fully saturated rings. The summed E-state index contributed by atoms with van der Waals surface area (Å²) in [6.45, 7) is 12.6. The maximum Gasteiger partial charge on any atom is 0.310 e. The largest absolute Gasteiger partial charge is 0.466 e. The molecule has 5 nitrogen and oxygen atoms in total. The van der Waals surface area contributed by atoms with Crippen LogP contribution in [0.25, 0.3) is 0 Å². The number of hydrogen-bond acceptors (Lipinski definition) is 5. The van der Waals surface area contributed by atoms with Crippen LogP contribution in [0.15, 0.2) is 37.0 Å². The summed E-state index contributed by atoms with van der Waals surface area (Å²) in [5.74, 6) is -0.185. The highest BCUT2D eigenvalue weighted by Gasteiger charge is 2.13. The van der Waals surface area contributed by atoms with Crippen molar-refractivity contribution >= 4 is 11.7 Å². The maximum atomic E-state index is 11.8. The molecule has 1 N–H and O–H groups in total. The van der Waals surface area contributed by atoms with Crippen LogP contribution < -0.4 is 10.2 Å². The van der Waals surface area contributed by atoms with E-state index in [-0.39, 0.29) is 5.97 Å². The third-order valence-electron chi connectivity index (χ3n) is 4.24. The van der Waals surface area contributed by atoms with Gasteiger partial charge in [-0.2, -0.15) is 0 Å². The number of nitrogens with zero attached hydrogens (tertiary/aromatic N) is 2. The molecule has 0 atom stereocenters. The van der Waals surface area contributed by atoms with Gasteiger partial charge in [0.15, 0.2) is 0 Å². The van der Waals surface area contributed by atoms with Gasteiger partial charge in [-0.05, 0) is 37.7 Å². The van der Waals surface area contributed by atoms with Crippen molar-refractivity contribution in [1.29, 1.82) is 0 Å².